The van der Waals surface area contributed by atoms with Crippen molar-refractivity contribution in [2.45, 2.75) is 58.3 Å². The molecule has 0 heterocycles. The van der Waals surface area contributed by atoms with Crippen LogP contribution in [-0.2, 0) is 56.8 Å². The normalized spacial score (nSPS) is 11.4. The Kier molecular flexibility index (Phi) is 43.2. The zero-order valence-corrected chi connectivity index (χ0v) is 29.1. The fourth-order valence-electron chi connectivity index (χ4n) is 3.83. The number of ether oxygens (including phenoxy) is 12. The lowest BCUT2D eigenvalue weighted by Gasteiger charge is -2.09. The van der Waals surface area contributed by atoms with Crippen molar-refractivity contribution >= 4 is 0 Å². The second-order valence-electron chi connectivity index (χ2n) is 10.2. The number of rotatable bonds is 43. The molecule has 12 heteroatoms. The topological polar surface area (TPSA) is 111 Å². The van der Waals surface area contributed by atoms with Gasteiger partial charge in [-0.25, -0.2) is 0 Å². The summed E-state index contributed by atoms with van der Waals surface area (Å²) >= 11 is 0. The maximum Gasteiger partial charge on any atom is 0.111 e. The Bertz CT molecular complexity index is 544. The summed E-state index contributed by atoms with van der Waals surface area (Å²) in [4.78, 5) is 0. The molecule has 0 atom stereocenters. The summed E-state index contributed by atoms with van der Waals surface area (Å²) in [5, 5.41) is 0. The minimum atomic E-state index is 0.504. The first-order valence-electron chi connectivity index (χ1n) is 17.5. The van der Waals surface area contributed by atoms with Crippen LogP contribution in [0.4, 0.5) is 0 Å². The Morgan fingerprint density at radius 1 is 0.283 bits per heavy atom. The lowest BCUT2D eigenvalue weighted by molar-refractivity contribution is -0.0279. The molecule has 0 aromatic carbocycles. The first-order valence-corrected chi connectivity index (χ1v) is 17.5. The highest BCUT2D eigenvalue weighted by Crippen LogP contribution is 2.08. The number of hydrogen-bond donors (Lipinski definition) is 0. The van der Waals surface area contributed by atoms with Gasteiger partial charge in [0.1, 0.15) is 6.61 Å². The second-order valence-corrected chi connectivity index (χ2v) is 10.2. The Morgan fingerprint density at radius 2 is 0.500 bits per heavy atom. The molecule has 0 aliphatic heterocycles. The van der Waals surface area contributed by atoms with E-state index in [0.717, 1.165) is 13.0 Å². The van der Waals surface area contributed by atoms with Crippen molar-refractivity contribution in [3.05, 3.63) is 12.8 Å². The number of hydrogen-bond acceptors (Lipinski definition) is 12. The molecule has 46 heavy (non-hydrogen) atoms. The van der Waals surface area contributed by atoms with Crippen LogP contribution in [-0.4, -0.2) is 152 Å². The molecule has 0 aliphatic carbocycles. The summed E-state index contributed by atoms with van der Waals surface area (Å²) in [7, 11) is 0. The van der Waals surface area contributed by atoms with Crippen molar-refractivity contribution in [3.8, 4) is 0 Å². The van der Waals surface area contributed by atoms with Crippen LogP contribution in [0.2, 0.25) is 0 Å². The second kappa shape index (κ2) is 44.1. The molecule has 0 aromatic heterocycles. The Hall–Kier alpha value is -0.900. The zero-order valence-electron chi connectivity index (χ0n) is 29.1. The predicted octanol–water partition coefficient (Wildman–Crippen LogP) is 4.47. The van der Waals surface area contributed by atoms with Crippen molar-refractivity contribution in [1.82, 2.24) is 0 Å². The van der Waals surface area contributed by atoms with E-state index in [1.54, 1.807) is 0 Å². The average molecular weight is 669 g/mol. The zero-order chi connectivity index (χ0) is 33.1. The van der Waals surface area contributed by atoms with Gasteiger partial charge in [0, 0.05) is 6.61 Å². The number of unbranched alkanes of at least 4 members (excludes halogenated alkanes) is 7. The van der Waals surface area contributed by atoms with Gasteiger partial charge in [0.2, 0.25) is 0 Å². The Labute approximate surface area is 279 Å². The molecule has 0 radical (unpaired) electrons. The molecular formula is C34H68O12. The summed E-state index contributed by atoms with van der Waals surface area (Å²) in [5.74, 6) is 0. The van der Waals surface area contributed by atoms with Crippen molar-refractivity contribution in [3.63, 3.8) is 0 Å². The molecule has 0 fully saturated rings. The molecule has 0 saturated carbocycles. The van der Waals surface area contributed by atoms with Crippen molar-refractivity contribution in [1.29, 1.82) is 0 Å². The van der Waals surface area contributed by atoms with Gasteiger partial charge < -0.3 is 56.8 Å². The van der Waals surface area contributed by atoms with Crippen LogP contribution >= 0.6 is 0 Å². The van der Waals surface area contributed by atoms with Crippen LogP contribution in [0.3, 0.4) is 0 Å². The first kappa shape index (κ1) is 45.1. The summed E-state index contributed by atoms with van der Waals surface area (Å²) < 4.78 is 65.2. The van der Waals surface area contributed by atoms with E-state index < -0.39 is 0 Å². The van der Waals surface area contributed by atoms with Gasteiger partial charge in [-0.05, 0) is 6.42 Å². The Morgan fingerprint density at radius 3 is 0.761 bits per heavy atom. The van der Waals surface area contributed by atoms with Crippen molar-refractivity contribution < 1.29 is 56.8 Å². The first-order chi connectivity index (χ1) is 22.9. The van der Waals surface area contributed by atoms with Crippen molar-refractivity contribution in [2.24, 2.45) is 0 Å². The van der Waals surface area contributed by atoms with E-state index in [1.165, 1.54) is 51.2 Å². The van der Waals surface area contributed by atoms with Crippen LogP contribution in [0.5, 0.6) is 0 Å². The van der Waals surface area contributed by atoms with Crippen LogP contribution in [0.15, 0.2) is 12.8 Å². The molecule has 0 aliphatic rings. The molecule has 0 aromatic rings. The van der Waals surface area contributed by atoms with E-state index in [2.05, 4.69) is 13.5 Å². The van der Waals surface area contributed by atoms with Crippen LogP contribution in [0.25, 0.3) is 0 Å². The lowest BCUT2D eigenvalue weighted by Crippen LogP contribution is -2.15. The van der Waals surface area contributed by atoms with Crippen LogP contribution in [0, 0.1) is 0 Å². The quantitative estimate of drug-likeness (QED) is 0.0676. The summed E-state index contributed by atoms with van der Waals surface area (Å²) in [5.41, 5.74) is 0. The van der Waals surface area contributed by atoms with Gasteiger partial charge in [-0.2, -0.15) is 0 Å². The Balaban J connectivity index is 3.03. The van der Waals surface area contributed by atoms with Gasteiger partial charge in [0.25, 0.3) is 0 Å². The highest BCUT2D eigenvalue weighted by molar-refractivity contribution is 4.48. The summed E-state index contributed by atoms with van der Waals surface area (Å²) in [6.07, 6.45) is 11.9. The van der Waals surface area contributed by atoms with E-state index in [1.807, 2.05) is 0 Å². The molecule has 0 saturated heterocycles. The van der Waals surface area contributed by atoms with Crippen LogP contribution < -0.4 is 0 Å². The van der Waals surface area contributed by atoms with Gasteiger partial charge >= 0.3 is 0 Å². The minimum Gasteiger partial charge on any atom is -0.499 e. The molecule has 0 N–H and O–H groups in total. The van der Waals surface area contributed by atoms with Gasteiger partial charge in [0.15, 0.2) is 0 Å². The summed E-state index contributed by atoms with van der Waals surface area (Å²) in [6.45, 7) is 18.4. The third-order valence-electron chi connectivity index (χ3n) is 6.33. The highest BCUT2D eigenvalue weighted by atomic mass is 16.6. The lowest BCUT2D eigenvalue weighted by atomic mass is 10.1. The van der Waals surface area contributed by atoms with Gasteiger partial charge in [0.05, 0.1) is 145 Å². The standard InChI is InChI=1S/C34H68O12/c1-3-5-6-7-8-9-10-11-12-36-15-16-38-19-20-40-23-24-42-27-28-44-31-32-46-34-33-45-30-29-43-26-25-41-22-21-39-18-17-37-14-13-35-4-2/h4H,2-3,5-34H2,1H3. The van der Waals surface area contributed by atoms with Gasteiger partial charge in [-0.1, -0.05) is 58.4 Å². The maximum atomic E-state index is 5.62. The van der Waals surface area contributed by atoms with Gasteiger partial charge in [-0.15, -0.1) is 0 Å². The molecule has 0 rings (SSSR count). The third-order valence-corrected chi connectivity index (χ3v) is 6.33. The predicted molar refractivity (Wildman–Crippen MR) is 178 cm³/mol. The fourth-order valence-corrected chi connectivity index (χ4v) is 3.83. The fraction of sp³-hybridized carbons (Fsp3) is 0.941. The molecule has 0 bridgehead atoms. The average Bonchev–Trinajstić information content (AvgIpc) is 3.07. The minimum absolute atomic E-state index is 0.504. The highest BCUT2D eigenvalue weighted by Gasteiger charge is 1.97. The summed E-state index contributed by atoms with van der Waals surface area (Å²) in [6, 6.07) is 0. The molecule has 0 amide bonds. The monoisotopic (exact) mass is 668 g/mol. The van der Waals surface area contributed by atoms with Gasteiger partial charge in [-0.3, -0.25) is 0 Å². The van der Waals surface area contributed by atoms with E-state index >= 15 is 0 Å². The third kappa shape index (κ3) is 43.1. The smallest absolute Gasteiger partial charge is 0.111 e. The molecule has 0 unspecified atom stereocenters. The van der Waals surface area contributed by atoms with E-state index in [-0.39, 0.29) is 0 Å². The van der Waals surface area contributed by atoms with E-state index in [9.17, 15) is 0 Å². The van der Waals surface area contributed by atoms with Crippen molar-refractivity contribution in [2.75, 3.05) is 152 Å². The van der Waals surface area contributed by atoms with Crippen LogP contribution in [0.1, 0.15) is 58.3 Å². The molecule has 0 spiro atoms. The molecular weight excluding hydrogens is 600 g/mol. The largest absolute Gasteiger partial charge is 0.499 e. The van der Waals surface area contributed by atoms with E-state index in [0.29, 0.717) is 145 Å². The maximum absolute atomic E-state index is 5.62. The molecule has 12 nitrogen and oxygen atoms in total. The SMILES string of the molecule is C=COCCOCCOCCOCCOCCOCCOCCOCCOCCOCCOCCOCCCCCCCCCC. The van der Waals surface area contributed by atoms with E-state index in [4.69, 9.17) is 56.8 Å². The molecule has 276 valence electrons.